The van der Waals surface area contributed by atoms with E-state index in [9.17, 15) is 27.6 Å². The summed E-state index contributed by atoms with van der Waals surface area (Å²) in [6.45, 7) is 0.0312. The Bertz CT molecular complexity index is 1280. The standard InChI is InChI=1S/C21H17F3N4O3S/c1-28(10-17-25-13-5-3-2-4-12(13)19(30)27-17)18(29)9-16-20(31)26-14-8-11(21(22,23)24)6-7-15(14)32-16/h2-8,16H,9-10H2,1H3,(H,26,31)(H,25,27,30). The number of aromatic nitrogens is 2. The lowest BCUT2D eigenvalue weighted by molar-refractivity contribution is -0.137. The van der Waals surface area contributed by atoms with Gasteiger partial charge in [0.05, 0.1) is 33.9 Å². The van der Waals surface area contributed by atoms with Crippen LogP contribution in [0.15, 0.2) is 52.2 Å². The number of benzene rings is 2. The second-order valence-electron chi connectivity index (χ2n) is 7.29. The van der Waals surface area contributed by atoms with Gasteiger partial charge < -0.3 is 15.2 Å². The molecule has 32 heavy (non-hydrogen) atoms. The summed E-state index contributed by atoms with van der Waals surface area (Å²) in [6, 6.07) is 9.93. The fourth-order valence-corrected chi connectivity index (χ4v) is 4.38. The summed E-state index contributed by atoms with van der Waals surface area (Å²) in [7, 11) is 1.52. The van der Waals surface area contributed by atoms with Gasteiger partial charge in [0, 0.05) is 18.4 Å². The van der Waals surface area contributed by atoms with Gasteiger partial charge in [-0.1, -0.05) is 12.1 Å². The van der Waals surface area contributed by atoms with Crippen molar-refractivity contribution in [1.29, 1.82) is 0 Å². The summed E-state index contributed by atoms with van der Waals surface area (Å²) in [5.74, 6) is -0.611. The van der Waals surface area contributed by atoms with Gasteiger partial charge in [-0.25, -0.2) is 4.98 Å². The van der Waals surface area contributed by atoms with Crippen LogP contribution in [-0.4, -0.2) is 39.0 Å². The molecule has 11 heteroatoms. The third kappa shape index (κ3) is 4.47. The number of halogens is 3. The maximum Gasteiger partial charge on any atom is 0.416 e. The van der Waals surface area contributed by atoms with Crippen molar-refractivity contribution in [3.8, 4) is 0 Å². The first-order valence-electron chi connectivity index (χ1n) is 9.52. The molecule has 2 heterocycles. The predicted molar refractivity (Wildman–Crippen MR) is 113 cm³/mol. The minimum Gasteiger partial charge on any atom is -0.338 e. The highest BCUT2D eigenvalue weighted by molar-refractivity contribution is 8.01. The molecule has 2 N–H and O–H groups in total. The average Bonchev–Trinajstić information content (AvgIpc) is 2.73. The van der Waals surface area contributed by atoms with Crippen molar-refractivity contribution >= 4 is 40.2 Å². The molecule has 166 valence electrons. The summed E-state index contributed by atoms with van der Waals surface area (Å²) in [4.78, 5) is 46.0. The predicted octanol–water partition coefficient (Wildman–Crippen LogP) is 3.40. The highest BCUT2D eigenvalue weighted by Crippen LogP contribution is 2.40. The van der Waals surface area contributed by atoms with Crippen LogP contribution in [0.3, 0.4) is 0 Å². The molecule has 0 saturated carbocycles. The molecule has 1 atom stereocenters. The molecule has 0 saturated heterocycles. The van der Waals surface area contributed by atoms with Gasteiger partial charge in [0.2, 0.25) is 11.8 Å². The molecule has 1 aromatic heterocycles. The molecule has 1 unspecified atom stereocenters. The topological polar surface area (TPSA) is 95.2 Å². The molecule has 0 radical (unpaired) electrons. The van der Waals surface area contributed by atoms with Crippen LogP contribution in [0.2, 0.25) is 0 Å². The zero-order valence-electron chi connectivity index (χ0n) is 16.7. The first kappa shape index (κ1) is 21.9. The number of aromatic amines is 1. The van der Waals surface area contributed by atoms with Gasteiger partial charge in [-0.3, -0.25) is 14.4 Å². The monoisotopic (exact) mass is 462 g/mol. The molecular formula is C21H17F3N4O3S. The Labute approximate surface area is 184 Å². The molecule has 1 aliphatic heterocycles. The quantitative estimate of drug-likeness (QED) is 0.620. The van der Waals surface area contributed by atoms with Crippen LogP contribution in [0.25, 0.3) is 10.9 Å². The van der Waals surface area contributed by atoms with E-state index in [2.05, 4.69) is 15.3 Å². The Balaban J connectivity index is 1.45. The van der Waals surface area contributed by atoms with Crippen LogP contribution in [0.5, 0.6) is 0 Å². The number of H-pyrrole nitrogens is 1. The second kappa shape index (κ2) is 8.30. The van der Waals surface area contributed by atoms with Crippen LogP contribution in [0.1, 0.15) is 17.8 Å². The van der Waals surface area contributed by atoms with Crippen molar-refractivity contribution in [3.05, 3.63) is 64.2 Å². The zero-order chi connectivity index (χ0) is 23.0. The normalized spacial score (nSPS) is 15.9. The average molecular weight is 462 g/mol. The summed E-state index contributed by atoms with van der Waals surface area (Å²) in [6.07, 6.45) is -4.68. The maximum absolute atomic E-state index is 12.9. The number of amides is 2. The van der Waals surface area contributed by atoms with Crippen molar-refractivity contribution < 1.29 is 22.8 Å². The van der Waals surface area contributed by atoms with Crippen LogP contribution in [-0.2, 0) is 22.3 Å². The SMILES string of the molecule is CN(Cc1nc2ccccc2c(=O)[nH]1)C(=O)CC1Sc2ccc(C(F)(F)F)cc2NC1=O. The summed E-state index contributed by atoms with van der Waals surface area (Å²) < 4.78 is 38.7. The Hall–Kier alpha value is -3.34. The lowest BCUT2D eigenvalue weighted by Crippen LogP contribution is -2.36. The number of fused-ring (bicyclic) bond motifs is 2. The maximum atomic E-state index is 12.9. The Kier molecular flexibility index (Phi) is 5.68. The zero-order valence-corrected chi connectivity index (χ0v) is 17.5. The highest BCUT2D eigenvalue weighted by Gasteiger charge is 2.34. The first-order valence-corrected chi connectivity index (χ1v) is 10.4. The minimum absolute atomic E-state index is 0.0312. The molecule has 1 aliphatic rings. The second-order valence-corrected chi connectivity index (χ2v) is 8.53. The molecule has 0 fully saturated rings. The number of anilines is 1. The van der Waals surface area contributed by atoms with E-state index >= 15 is 0 Å². The third-order valence-corrected chi connectivity index (χ3v) is 6.24. The molecular weight excluding hydrogens is 445 g/mol. The lowest BCUT2D eigenvalue weighted by atomic mass is 10.1. The highest BCUT2D eigenvalue weighted by atomic mass is 32.2. The number of carbonyl (C=O) groups excluding carboxylic acids is 2. The first-order chi connectivity index (χ1) is 15.1. The Morgan fingerprint density at radius 1 is 1.19 bits per heavy atom. The van der Waals surface area contributed by atoms with Gasteiger partial charge in [-0.2, -0.15) is 13.2 Å². The fourth-order valence-electron chi connectivity index (χ4n) is 3.30. The molecule has 2 aromatic carbocycles. The van der Waals surface area contributed by atoms with E-state index < -0.39 is 22.9 Å². The Morgan fingerprint density at radius 2 is 1.94 bits per heavy atom. The van der Waals surface area contributed by atoms with E-state index in [1.54, 1.807) is 24.3 Å². The van der Waals surface area contributed by atoms with E-state index in [1.165, 1.54) is 18.0 Å². The minimum atomic E-state index is -4.52. The van der Waals surface area contributed by atoms with Crippen LogP contribution < -0.4 is 10.9 Å². The molecule has 2 amide bonds. The van der Waals surface area contributed by atoms with Crippen molar-refractivity contribution in [1.82, 2.24) is 14.9 Å². The van der Waals surface area contributed by atoms with E-state index in [4.69, 9.17) is 0 Å². The number of rotatable bonds is 4. The van der Waals surface area contributed by atoms with E-state index in [-0.39, 0.29) is 30.1 Å². The number of para-hydroxylation sites is 1. The van der Waals surface area contributed by atoms with E-state index in [1.807, 2.05) is 0 Å². The number of nitrogens with one attached hydrogen (secondary N) is 2. The smallest absolute Gasteiger partial charge is 0.338 e. The number of nitrogens with zero attached hydrogens (tertiary/aromatic N) is 2. The van der Waals surface area contributed by atoms with Crippen molar-refractivity contribution in [2.24, 2.45) is 0 Å². The Morgan fingerprint density at radius 3 is 2.69 bits per heavy atom. The lowest BCUT2D eigenvalue weighted by Gasteiger charge is -2.26. The van der Waals surface area contributed by atoms with Crippen LogP contribution in [0, 0.1) is 0 Å². The molecule has 0 bridgehead atoms. The van der Waals surface area contributed by atoms with Gasteiger partial charge in [0.1, 0.15) is 5.82 Å². The van der Waals surface area contributed by atoms with Crippen molar-refractivity contribution in [2.45, 2.75) is 29.3 Å². The number of carbonyl (C=O) groups is 2. The number of thioether (sulfide) groups is 1. The van der Waals surface area contributed by atoms with Crippen molar-refractivity contribution in [2.75, 3.05) is 12.4 Å². The molecule has 0 aliphatic carbocycles. The van der Waals surface area contributed by atoms with Gasteiger partial charge in [-0.05, 0) is 30.3 Å². The summed E-state index contributed by atoms with van der Waals surface area (Å²) >= 11 is 1.04. The van der Waals surface area contributed by atoms with Crippen molar-refractivity contribution in [3.63, 3.8) is 0 Å². The third-order valence-electron chi connectivity index (χ3n) is 4.96. The molecule has 0 spiro atoms. The van der Waals surface area contributed by atoms with Crippen LogP contribution in [0.4, 0.5) is 18.9 Å². The molecule has 3 aromatic rings. The van der Waals surface area contributed by atoms with E-state index in [0.29, 0.717) is 21.6 Å². The summed E-state index contributed by atoms with van der Waals surface area (Å²) in [5.41, 5.74) is -0.597. The van der Waals surface area contributed by atoms with Gasteiger partial charge in [0.15, 0.2) is 0 Å². The number of hydrogen-bond acceptors (Lipinski definition) is 5. The number of alkyl halides is 3. The molecule has 4 rings (SSSR count). The van der Waals surface area contributed by atoms with Crippen LogP contribution >= 0.6 is 11.8 Å². The number of hydrogen-bond donors (Lipinski definition) is 2. The fraction of sp³-hybridized carbons (Fsp3) is 0.238. The van der Waals surface area contributed by atoms with E-state index in [0.717, 1.165) is 23.9 Å². The van der Waals surface area contributed by atoms with Gasteiger partial charge in [-0.15, -0.1) is 11.8 Å². The van der Waals surface area contributed by atoms with Gasteiger partial charge in [0.25, 0.3) is 5.56 Å². The molecule has 7 nitrogen and oxygen atoms in total. The van der Waals surface area contributed by atoms with Gasteiger partial charge >= 0.3 is 6.18 Å². The summed E-state index contributed by atoms with van der Waals surface area (Å²) in [5, 5.41) is 2.10. The largest absolute Gasteiger partial charge is 0.416 e.